The summed E-state index contributed by atoms with van der Waals surface area (Å²) in [4.78, 5) is 24.7. The van der Waals surface area contributed by atoms with E-state index in [-0.39, 0.29) is 18.9 Å². The summed E-state index contributed by atoms with van der Waals surface area (Å²) in [5.41, 5.74) is 0.409. The van der Waals surface area contributed by atoms with Gasteiger partial charge in [0, 0.05) is 21.0 Å². The third kappa shape index (κ3) is 3.09. The van der Waals surface area contributed by atoms with Gasteiger partial charge in [0.25, 0.3) is 5.91 Å². The van der Waals surface area contributed by atoms with E-state index in [1.165, 1.54) is 4.90 Å². The van der Waals surface area contributed by atoms with Crippen molar-refractivity contribution in [3.8, 4) is 0 Å². The summed E-state index contributed by atoms with van der Waals surface area (Å²) in [5.74, 6) is -1.47. The molecule has 5 nitrogen and oxygen atoms in total. The van der Waals surface area contributed by atoms with Gasteiger partial charge in [-0.25, -0.2) is 4.79 Å². The molecule has 2 N–H and O–H groups in total. The quantitative estimate of drug-likeness (QED) is 0.688. The van der Waals surface area contributed by atoms with E-state index < -0.39 is 18.1 Å². The van der Waals surface area contributed by atoms with Crippen LogP contribution in [0.25, 0.3) is 0 Å². The standard InChI is InChI=1S/C12H11BrINO4/c13-9-2-1-6(14)3-8(9)11(17)15-5-7(16)4-10(15)12(18)19/h1-3,7,10,16H,4-5H2,(H,18,19)/t7-,10-/m0/s1. The number of halogens is 2. The molecule has 1 amide bonds. The molecule has 1 aliphatic heterocycles. The molecule has 2 rings (SSSR count). The van der Waals surface area contributed by atoms with Crippen molar-refractivity contribution < 1.29 is 19.8 Å². The Morgan fingerprint density at radius 2 is 2.11 bits per heavy atom. The molecule has 1 fully saturated rings. The summed E-state index contributed by atoms with van der Waals surface area (Å²) in [6, 6.07) is 4.32. The van der Waals surface area contributed by atoms with Crippen LogP contribution in [0.15, 0.2) is 22.7 Å². The van der Waals surface area contributed by atoms with Gasteiger partial charge in [0.05, 0.1) is 11.7 Å². The number of aliphatic carboxylic acids is 1. The Labute approximate surface area is 131 Å². The Bertz CT molecular complexity index is 536. The van der Waals surface area contributed by atoms with Crippen molar-refractivity contribution >= 4 is 50.4 Å². The minimum atomic E-state index is -1.09. The lowest BCUT2D eigenvalue weighted by Crippen LogP contribution is -2.40. The summed E-state index contributed by atoms with van der Waals surface area (Å²) < 4.78 is 1.50. The lowest BCUT2D eigenvalue weighted by molar-refractivity contribution is -0.141. The zero-order chi connectivity index (χ0) is 14.2. The number of β-amino-alcohol motifs (C(OH)–C–C–N with tert-alkyl or cyclic N) is 1. The monoisotopic (exact) mass is 439 g/mol. The van der Waals surface area contributed by atoms with Gasteiger partial charge < -0.3 is 15.1 Å². The second-order valence-corrected chi connectivity index (χ2v) is 6.43. The maximum Gasteiger partial charge on any atom is 0.326 e. The lowest BCUT2D eigenvalue weighted by Gasteiger charge is -2.21. The molecule has 1 saturated heterocycles. The average Bonchev–Trinajstić information content (AvgIpc) is 2.74. The van der Waals surface area contributed by atoms with E-state index in [2.05, 4.69) is 38.5 Å². The largest absolute Gasteiger partial charge is 0.480 e. The molecule has 1 aromatic rings. The number of likely N-dealkylation sites (tertiary alicyclic amines) is 1. The van der Waals surface area contributed by atoms with E-state index in [4.69, 9.17) is 5.11 Å². The van der Waals surface area contributed by atoms with Crippen molar-refractivity contribution in [1.29, 1.82) is 0 Å². The van der Waals surface area contributed by atoms with Crippen LogP contribution in [0.5, 0.6) is 0 Å². The number of rotatable bonds is 2. The first-order valence-electron chi connectivity index (χ1n) is 5.57. The predicted molar refractivity (Wildman–Crippen MR) is 79.9 cm³/mol. The highest BCUT2D eigenvalue weighted by Crippen LogP contribution is 2.26. The number of hydrogen-bond donors (Lipinski definition) is 2. The first-order valence-corrected chi connectivity index (χ1v) is 7.44. The van der Waals surface area contributed by atoms with Crippen LogP contribution >= 0.6 is 38.5 Å². The number of carbonyl (C=O) groups is 2. The third-order valence-corrected chi connectivity index (χ3v) is 4.35. The Morgan fingerprint density at radius 1 is 1.42 bits per heavy atom. The Hall–Kier alpha value is -0.670. The SMILES string of the molecule is O=C(O)[C@@H]1C[C@H](O)CN1C(=O)c1cc(I)ccc1Br. The molecule has 19 heavy (non-hydrogen) atoms. The second kappa shape index (κ2) is 5.76. The van der Waals surface area contributed by atoms with Crippen LogP contribution in [-0.2, 0) is 4.79 Å². The molecular formula is C12H11BrINO4. The van der Waals surface area contributed by atoms with Gasteiger partial charge in [0.2, 0.25) is 0 Å². The fraction of sp³-hybridized carbons (Fsp3) is 0.333. The molecule has 1 aliphatic rings. The number of benzene rings is 1. The smallest absolute Gasteiger partial charge is 0.326 e. The van der Waals surface area contributed by atoms with Gasteiger partial charge in [0.15, 0.2) is 0 Å². The normalized spacial score (nSPS) is 22.6. The zero-order valence-electron chi connectivity index (χ0n) is 9.72. The second-order valence-electron chi connectivity index (χ2n) is 4.33. The van der Waals surface area contributed by atoms with E-state index >= 15 is 0 Å². The molecular weight excluding hydrogens is 429 g/mol. The van der Waals surface area contributed by atoms with E-state index in [0.717, 1.165) is 3.57 Å². The topological polar surface area (TPSA) is 77.8 Å². The molecule has 0 unspecified atom stereocenters. The molecule has 0 bridgehead atoms. The molecule has 2 atom stereocenters. The first-order chi connectivity index (χ1) is 8.90. The van der Waals surface area contributed by atoms with Crippen LogP contribution in [0, 0.1) is 3.57 Å². The van der Waals surface area contributed by atoms with Crippen molar-refractivity contribution in [2.45, 2.75) is 18.6 Å². The maximum atomic E-state index is 12.4. The highest BCUT2D eigenvalue weighted by Gasteiger charge is 2.39. The number of aliphatic hydroxyl groups is 1. The van der Waals surface area contributed by atoms with Crippen LogP contribution in [0.2, 0.25) is 0 Å². The molecule has 1 aromatic carbocycles. The number of amides is 1. The summed E-state index contributed by atoms with van der Waals surface area (Å²) in [6.07, 6.45) is -0.714. The highest BCUT2D eigenvalue weighted by atomic mass is 127. The van der Waals surface area contributed by atoms with Gasteiger partial charge in [-0.1, -0.05) is 0 Å². The molecule has 0 aromatic heterocycles. The van der Waals surface area contributed by atoms with Gasteiger partial charge in [-0.05, 0) is 56.7 Å². The first kappa shape index (κ1) is 14.7. The van der Waals surface area contributed by atoms with Crippen LogP contribution in [-0.4, -0.2) is 45.7 Å². The van der Waals surface area contributed by atoms with Gasteiger partial charge in [0.1, 0.15) is 6.04 Å². The van der Waals surface area contributed by atoms with Crippen molar-refractivity contribution in [3.63, 3.8) is 0 Å². The van der Waals surface area contributed by atoms with Gasteiger partial charge in [-0.2, -0.15) is 0 Å². The summed E-state index contributed by atoms with van der Waals surface area (Å²) in [5, 5.41) is 18.7. The van der Waals surface area contributed by atoms with E-state index in [1.807, 2.05) is 6.07 Å². The van der Waals surface area contributed by atoms with Crippen LogP contribution < -0.4 is 0 Å². The molecule has 0 saturated carbocycles. The zero-order valence-corrected chi connectivity index (χ0v) is 13.5. The third-order valence-electron chi connectivity index (χ3n) is 2.98. The number of carboxylic acids is 1. The van der Waals surface area contributed by atoms with E-state index in [0.29, 0.717) is 10.0 Å². The highest BCUT2D eigenvalue weighted by molar-refractivity contribution is 14.1. The molecule has 1 heterocycles. The number of nitrogens with zero attached hydrogens (tertiary/aromatic N) is 1. The molecule has 102 valence electrons. The predicted octanol–water partition coefficient (Wildman–Crippen LogP) is 1.71. The molecule has 7 heteroatoms. The van der Waals surface area contributed by atoms with Crippen LogP contribution in [0.4, 0.5) is 0 Å². The number of carboxylic acid groups (broad SMARTS) is 1. The number of aliphatic hydroxyl groups excluding tert-OH is 1. The van der Waals surface area contributed by atoms with Gasteiger partial charge in [-0.15, -0.1) is 0 Å². The number of carbonyl (C=O) groups excluding carboxylic acids is 1. The van der Waals surface area contributed by atoms with Crippen molar-refractivity contribution in [2.24, 2.45) is 0 Å². The summed E-state index contributed by atoms with van der Waals surface area (Å²) in [6.45, 7) is 0.0493. The van der Waals surface area contributed by atoms with E-state index in [1.54, 1.807) is 12.1 Å². The minimum absolute atomic E-state index is 0.0493. The van der Waals surface area contributed by atoms with E-state index in [9.17, 15) is 14.7 Å². The maximum absolute atomic E-state index is 12.4. The van der Waals surface area contributed by atoms with Crippen LogP contribution in [0.3, 0.4) is 0 Å². The Balaban J connectivity index is 2.33. The molecule has 0 spiro atoms. The Morgan fingerprint density at radius 3 is 2.74 bits per heavy atom. The lowest BCUT2D eigenvalue weighted by atomic mass is 10.1. The average molecular weight is 440 g/mol. The Kier molecular flexibility index (Phi) is 4.46. The van der Waals surface area contributed by atoms with Gasteiger partial charge >= 0.3 is 5.97 Å². The summed E-state index contributed by atoms with van der Waals surface area (Å²) in [7, 11) is 0. The fourth-order valence-corrected chi connectivity index (χ4v) is 3.00. The summed E-state index contributed by atoms with van der Waals surface area (Å²) >= 11 is 5.37. The van der Waals surface area contributed by atoms with Crippen molar-refractivity contribution in [3.05, 3.63) is 31.8 Å². The molecule has 0 radical (unpaired) electrons. The van der Waals surface area contributed by atoms with Crippen molar-refractivity contribution in [1.82, 2.24) is 4.90 Å². The van der Waals surface area contributed by atoms with Crippen molar-refractivity contribution in [2.75, 3.05) is 6.54 Å². The number of hydrogen-bond acceptors (Lipinski definition) is 3. The fourth-order valence-electron chi connectivity index (χ4n) is 2.09. The minimum Gasteiger partial charge on any atom is -0.480 e. The van der Waals surface area contributed by atoms with Crippen LogP contribution in [0.1, 0.15) is 16.8 Å². The molecule has 0 aliphatic carbocycles. The van der Waals surface area contributed by atoms with Gasteiger partial charge in [-0.3, -0.25) is 4.79 Å².